The molecule has 1 aromatic carbocycles. The molecule has 1 atom stereocenters. The van der Waals surface area contributed by atoms with E-state index in [9.17, 15) is 5.26 Å². The molecular formula is C22H24N8. The van der Waals surface area contributed by atoms with Crippen molar-refractivity contribution in [1.82, 2.24) is 29.3 Å². The molecule has 0 saturated heterocycles. The summed E-state index contributed by atoms with van der Waals surface area (Å²) in [6.45, 7) is 6.26. The minimum Gasteiger partial charge on any atom is -0.354 e. The number of rotatable bonds is 8. The molecule has 3 aromatic heterocycles. The molecule has 0 aliphatic carbocycles. The molecule has 0 aliphatic heterocycles. The molecule has 152 valence electrons. The average molecular weight is 400 g/mol. The molecule has 0 saturated carbocycles. The van der Waals surface area contributed by atoms with Crippen molar-refractivity contribution in [3.8, 4) is 6.07 Å². The second-order valence-corrected chi connectivity index (χ2v) is 7.08. The quantitative estimate of drug-likeness (QED) is 0.455. The van der Waals surface area contributed by atoms with Crippen molar-refractivity contribution < 1.29 is 0 Å². The topological polar surface area (TPSA) is 97.2 Å². The highest BCUT2D eigenvalue weighted by Crippen LogP contribution is 2.28. The van der Waals surface area contributed by atoms with Crippen molar-refractivity contribution in [1.29, 1.82) is 5.26 Å². The van der Waals surface area contributed by atoms with E-state index >= 15 is 0 Å². The highest BCUT2D eigenvalue weighted by molar-refractivity contribution is 5.76. The van der Waals surface area contributed by atoms with Crippen LogP contribution in [0.4, 0.5) is 5.95 Å². The minimum absolute atomic E-state index is 0.524. The van der Waals surface area contributed by atoms with Gasteiger partial charge in [-0.2, -0.15) is 10.4 Å². The van der Waals surface area contributed by atoms with Crippen molar-refractivity contribution in [3.05, 3.63) is 66.0 Å². The Hall–Kier alpha value is -3.73. The molecule has 0 radical (unpaired) electrons. The van der Waals surface area contributed by atoms with Crippen LogP contribution < -0.4 is 5.32 Å². The van der Waals surface area contributed by atoms with E-state index in [2.05, 4.69) is 37.9 Å². The third kappa shape index (κ3) is 3.87. The van der Waals surface area contributed by atoms with E-state index in [-0.39, 0.29) is 0 Å². The van der Waals surface area contributed by atoms with Crippen molar-refractivity contribution in [2.75, 3.05) is 11.9 Å². The minimum atomic E-state index is -0.565. The van der Waals surface area contributed by atoms with Gasteiger partial charge in [0.05, 0.1) is 22.8 Å². The second-order valence-electron chi connectivity index (χ2n) is 7.08. The van der Waals surface area contributed by atoms with E-state index < -0.39 is 5.92 Å². The molecule has 1 unspecified atom stereocenters. The van der Waals surface area contributed by atoms with Crippen LogP contribution in [0.5, 0.6) is 0 Å². The fourth-order valence-corrected chi connectivity index (χ4v) is 3.59. The molecule has 8 nitrogen and oxygen atoms in total. The fourth-order valence-electron chi connectivity index (χ4n) is 3.59. The van der Waals surface area contributed by atoms with E-state index in [1.54, 1.807) is 12.4 Å². The summed E-state index contributed by atoms with van der Waals surface area (Å²) >= 11 is 0. The summed E-state index contributed by atoms with van der Waals surface area (Å²) in [5, 5.41) is 17.5. The Kier molecular flexibility index (Phi) is 5.70. The number of imidazole rings is 1. The average Bonchev–Trinajstić information content (AvgIpc) is 3.41. The highest BCUT2D eigenvalue weighted by atomic mass is 15.3. The molecule has 0 fully saturated rings. The fraction of sp³-hybridized carbons (Fsp3) is 0.318. The summed E-state index contributed by atoms with van der Waals surface area (Å²) in [5.74, 6) is 0.674. The molecule has 0 bridgehead atoms. The normalized spacial score (nSPS) is 12.0. The Bertz CT molecular complexity index is 1170. The molecule has 30 heavy (non-hydrogen) atoms. The zero-order valence-corrected chi connectivity index (χ0v) is 17.2. The standard InChI is InChI=1S/C22H24N8/c1-3-30-19-9-5-4-8-18(19)27-21(30)17(14-23)20-16(2)15-25-22(28-20)24-10-6-12-29-13-7-11-26-29/h4-5,7-9,11,13,15,17H,3,6,10,12H2,1-2H3,(H,24,25,28). The van der Waals surface area contributed by atoms with Crippen LogP contribution in [0.3, 0.4) is 0 Å². The lowest BCUT2D eigenvalue weighted by molar-refractivity contribution is 0.591. The van der Waals surface area contributed by atoms with Gasteiger partial charge < -0.3 is 9.88 Å². The Balaban J connectivity index is 1.57. The molecule has 0 amide bonds. The van der Waals surface area contributed by atoms with Crippen LogP contribution in [0.1, 0.15) is 36.3 Å². The lowest BCUT2D eigenvalue weighted by Crippen LogP contribution is -2.14. The van der Waals surface area contributed by atoms with Crippen molar-refractivity contribution in [3.63, 3.8) is 0 Å². The third-order valence-electron chi connectivity index (χ3n) is 5.08. The maximum absolute atomic E-state index is 10.0. The summed E-state index contributed by atoms with van der Waals surface area (Å²) in [5.41, 5.74) is 3.47. The van der Waals surface area contributed by atoms with Gasteiger partial charge in [-0.15, -0.1) is 0 Å². The maximum atomic E-state index is 10.0. The molecule has 8 heteroatoms. The number of benzene rings is 1. The van der Waals surface area contributed by atoms with Crippen LogP contribution in [0.2, 0.25) is 0 Å². The predicted molar refractivity (Wildman–Crippen MR) is 115 cm³/mol. The van der Waals surface area contributed by atoms with Gasteiger partial charge in [-0.3, -0.25) is 4.68 Å². The summed E-state index contributed by atoms with van der Waals surface area (Å²) in [4.78, 5) is 13.8. The number of aryl methyl sites for hydroxylation is 3. The van der Waals surface area contributed by atoms with E-state index in [4.69, 9.17) is 4.98 Å². The molecule has 0 spiro atoms. The second kappa shape index (κ2) is 8.74. The Labute approximate surface area is 175 Å². The number of hydrogen-bond acceptors (Lipinski definition) is 6. The van der Waals surface area contributed by atoms with Crippen LogP contribution in [0.25, 0.3) is 11.0 Å². The largest absolute Gasteiger partial charge is 0.354 e. The van der Waals surface area contributed by atoms with Crippen molar-refractivity contribution in [2.24, 2.45) is 0 Å². The van der Waals surface area contributed by atoms with Crippen molar-refractivity contribution >= 4 is 17.0 Å². The summed E-state index contributed by atoms with van der Waals surface area (Å²) in [7, 11) is 0. The van der Waals surface area contributed by atoms with E-state index in [1.165, 1.54) is 0 Å². The first-order valence-corrected chi connectivity index (χ1v) is 10.1. The lowest BCUT2D eigenvalue weighted by atomic mass is 10.0. The number of fused-ring (bicyclic) bond motifs is 1. The maximum Gasteiger partial charge on any atom is 0.222 e. The number of hydrogen-bond donors (Lipinski definition) is 1. The smallest absolute Gasteiger partial charge is 0.222 e. The van der Waals surface area contributed by atoms with Gasteiger partial charge in [0.25, 0.3) is 0 Å². The van der Waals surface area contributed by atoms with Gasteiger partial charge in [-0.05, 0) is 44.0 Å². The van der Waals surface area contributed by atoms with Crippen molar-refractivity contribution in [2.45, 2.75) is 39.3 Å². The summed E-state index contributed by atoms with van der Waals surface area (Å²) < 4.78 is 3.98. The molecule has 4 rings (SSSR count). The van der Waals surface area contributed by atoms with Crippen LogP contribution in [0, 0.1) is 18.3 Å². The van der Waals surface area contributed by atoms with Gasteiger partial charge >= 0.3 is 0 Å². The monoisotopic (exact) mass is 400 g/mol. The first kappa shape index (κ1) is 19.6. The Morgan fingerprint density at radius 2 is 2.07 bits per heavy atom. The molecule has 1 N–H and O–H groups in total. The van der Waals surface area contributed by atoms with Gasteiger partial charge in [0, 0.05) is 38.2 Å². The van der Waals surface area contributed by atoms with Gasteiger partial charge in [-0.1, -0.05) is 12.1 Å². The van der Waals surface area contributed by atoms with E-state index in [1.807, 2.05) is 48.1 Å². The number of para-hydroxylation sites is 2. The third-order valence-corrected chi connectivity index (χ3v) is 5.08. The first-order chi connectivity index (χ1) is 14.7. The first-order valence-electron chi connectivity index (χ1n) is 10.1. The SMILES string of the molecule is CCn1c(C(C#N)c2nc(NCCCn3cccn3)ncc2C)nc2ccccc21. The molecular weight excluding hydrogens is 376 g/mol. The number of aromatic nitrogens is 6. The van der Waals surface area contributed by atoms with E-state index in [0.717, 1.165) is 36.1 Å². The number of nitriles is 1. The van der Waals surface area contributed by atoms with Gasteiger partial charge in [0.1, 0.15) is 11.7 Å². The summed E-state index contributed by atoms with van der Waals surface area (Å²) in [6, 6.07) is 12.3. The van der Waals surface area contributed by atoms with Gasteiger partial charge in [-0.25, -0.2) is 15.0 Å². The molecule has 0 aliphatic rings. The number of anilines is 1. The van der Waals surface area contributed by atoms with Crippen LogP contribution in [-0.2, 0) is 13.1 Å². The Morgan fingerprint density at radius 3 is 2.83 bits per heavy atom. The van der Waals surface area contributed by atoms with Crippen LogP contribution in [0.15, 0.2) is 48.9 Å². The van der Waals surface area contributed by atoms with E-state index in [0.29, 0.717) is 24.0 Å². The van der Waals surface area contributed by atoms with Gasteiger partial charge in [0.2, 0.25) is 5.95 Å². The summed E-state index contributed by atoms with van der Waals surface area (Å²) in [6.07, 6.45) is 6.37. The lowest BCUT2D eigenvalue weighted by Gasteiger charge is -2.14. The number of nitrogens with zero attached hydrogens (tertiary/aromatic N) is 7. The zero-order valence-electron chi connectivity index (χ0n) is 17.2. The molecule has 4 aromatic rings. The Morgan fingerprint density at radius 1 is 1.20 bits per heavy atom. The zero-order chi connectivity index (χ0) is 20.9. The van der Waals surface area contributed by atoms with Crippen LogP contribution >= 0.6 is 0 Å². The van der Waals surface area contributed by atoms with Gasteiger partial charge in [0.15, 0.2) is 0 Å². The highest BCUT2D eigenvalue weighted by Gasteiger charge is 2.24. The predicted octanol–water partition coefficient (Wildman–Crippen LogP) is 3.51. The number of nitrogens with one attached hydrogen (secondary N) is 1. The van der Waals surface area contributed by atoms with Crippen LogP contribution in [-0.4, -0.2) is 35.8 Å². The molecule has 3 heterocycles.